The first-order chi connectivity index (χ1) is 18.3. The summed E-state index contributed by atoms with van der Waals surface area (Å²) in [6.45, 7) is -2.84. The van der Waals surface area contributed by atoms with Crippen molar-refractivity contribution in [1.82, 2.24) is 14.7 Å². The van der Waals surface area contributed by atoms with Crippen molar-refractivity contribution in [3.63, 3.8) is 0 Å². The van der Waals surface area contributed by atoms with E-state index in [9.17, 15) is 49.5 Å². The molecule has 0 aliphatic heterocycles. The van der Waals surface area contributed by atoms with Crippen LogP contribution in [0.25, 0.3) is 0 Å². The van der Waals surface area contributed by atoms with E-state index in [0.717, 1.165) is 5.56 Å². The average Bonchev–Trinajstić information content (AvgIpc) is 2.82. The molecule has 216 valence electrons. The molecule has 1 aromatic rings. The predicted molar refractivity (Wildman–Crippen MR) is 137 cm³/mol. The molecule has 3 atom stereocenters. The van der Waals surface area contributed by atoms with Gasteiger partial charge in [0.2, 0.25) is 0 Å². The number of carboxylic acid groups (broad SMARTS) is 5. The minimum Gasteiger partial charge on any atom is -0.480 e. The van der Waals surface area contributed by atoms with Gasteiger partial charge >= 0.3 is 29.8 Å². The van der Waals surface area contributed by atoms with Crippen molar-refractivity contribution >= 4 is 35.5 Å². The molecule has 0 saturated heterocycles. The zero-order valence-electron chi connectivity index (χ0n) is 21.5. The van der Waals surface area contributed by atoms with Gasteiger partial charge in [-0.05, 0) is 37.0 Å². The van der Waals surface area contributed by atoms with Gasteiger partial charge in [0.1, 0.15) is 0 Å². The van der Waals surface area contributed by atoms with E-state index >= 15 is 0 Å². The molecule has 0 aromatic heterocycles. The van der Waals surface area contributed by atoms with Gasteiger partial charge in [-0.15, -0.1) is 0 Å². The third-order valence-electron chi connectivity index (χ3n) is 6.74. The predicted octanol–water partition coefficient (Wildman–Crippen LogP) is -0.180. The van der Waals surface area contributed by atoms with Crippen LogP contribution in [0.15, 0.2) is 24.3 Å². The topological polar surface area (TPSA) is 222 Å². The second kappa shape index (κ2) is 15.0. The molecule has 14 heteroatoms. The highest BCUT2D eigenvalue weighted by Crippen LogP contribution is 2.28. The first-order valence-electron chi connectivity index (χ1n) is 12.5. The summed E-state index contributed by atoms with van der Waals surface area (Å²) in [5.41, 5.74) is 6.99. The molecule has 7 N–H and O–H groups in total. The Morgan fingerprint density at radius 1 is 0.692 bits per heavy atom. The molecule has 0 spiro atoms. The first kappa shape index (κ1) is 31.5. The van der Waals surface area contributed by atoms with Crippen molar-refractivity contribution in [3.05, 3.63) is 29.8 Å². The lowest BCUT2D eigenvalue weighted by atomic mass is 9.87. The van der Waals surface area contributed by atoms with Gasteiger partial charge in [0.25, 0.3) is 0 Å². The van der Waals surface area contributed by atoms with Gasteiger partial charge in [0.05, 0.1) is 32.7 Å². The van der Waals surface area contributed by atoms with E-state index < -0.39 is 80.7 Å². The number of nitrogens with zero attached hydrogens (tertiary/aromatic N) is 3. The summed E-state index contributed by atoms with van der Waals surface area (Å²) in [6.07, 6.45) is 2.47. The van der Waals surface area contributed by atoms with Gasteiger partial charge in [0, 0.05) is 30.4 Å². The zero-order chi connectivity index (χ0) is 29.1. The number of aliphatic carboxylic acids is 5. The second-order valence-electron chi connectivity index (χ2n) is 9.73. The molecule has 1 aromatic carbocycles. The molecule has 0 amide bonds. The van der Waals surface area contributed by atoms with Crippen LogP contribution in [0.4, 0.5) is 5.69 Å². The van der Waals surface area contributed by atoms with E-state index in [4.69, 9.17) is 5.73 Å². The Kier molecular flexibility index (Phi) is 12.1. The number of rotatable bonds is 17. The van der Waals surface area contributed by atoms with Crippen LogP contribution in [-0.2, 0) is 30.4 Å². The first-order valence-corrected chi connectivity index (χ1v) is 12.5. The van der Waals surface area contributed by atoms with Gasteiger partial charge in [-0.25, -0.2) is 0 Å². The minimum absolute atomic E-state index is 0.0492. The van der Waals surface area contributed by atoms with E-state index in [-0.39, 0.29) is 13.0 Å². The Hall–Kier alpha value is -3.75. The highest BCUT2D eigenvalue weighted by Gasteiger charge is 2.38. The molecule has 0 unspecified atom stereocenters. The fraction of sp³-hybridized carbons (Fsp3) is 0.560. The minimum atomic E-state index is -1.26. The summed E-state index contributed by atoms with van der Waals surface area (Å²) in [5, 5.41) is 47.5. The summed E-state index contributed by atoms with van der Waals surface area (Å²) in [7, 11) is 0. The molecule has 2 rings (SSSR count). The van der Waals surface area contributed by atoms with E-state index in [1.165, 1.54) is 9.80 Å². The van der Waals surface area contributed by atoms with E-state index in [0.29, 0.717) is 31.4 Å². The smallest absolute Gasteiger partial charge is 0.317 e. The summed E-state index contributed by atoms with van der Waals surface area (Å²) in [4.78, 5) is 62.4. The molecule has 0 bridgehead atoms. The third kappa shape index (κ3) is 10.9. The van der Waals surface area contributed by atoms with Crippen molar-refractivity contribution in [3.8, 4) is 0 Å². The number of nitrogens with two attached hydrogens (primary N) is 1. The number of nitrogen functional groups attached to an aromatic ring is 1. The second-order valence-corrected chi connectivity index (χ2v) is 9.73. The summed E-state index contributed by atoms with van der Waals surface area (Å²) < 4.78 is 0. The van der Waals surface area contributed by atoms with E-state index in [1.807, 2.05) is 0 Å². The van der Waals surface area contributed by atoms with Gasteiger partial charge < -0.3 is 31.3 Å². The lowest BCUT2D eigenvalue weighted by Gasteiger charge is -2.45. The van der Waals surface area contributed by atoms with Crippen molar-refractivity contribution in [2.24, 2.45) is 0 Å². The maximum Gasteiger partial charge on any atom is 0.317 e. The molecule has 0 heterocycles. The van der Waals surface area contributed by atoms with E-state index in [2.05, 4.69) is 0 Å². The highest BCUT2D eigenvalue weighted by atomic mass is 16.4. The third-order valence-corrected chi connectivity index (χ3v) is 6.74. The van der Waals surface area contributed by atoms with Gasteiger partial charge in [-0.2, -0.15) is 0 Å². The van der Waals surface area contributed by atoms with Crippen LogP contribution in [0.2, 0.25) is 0 Å². The Morgan fingerprint density at radius 3 is 1.54 bits per heavy atom. The summed E-state index contributed by atoms with van der Waals surface area (Å²) >= 11 is 0. The zero-order valence-corrected chi connectivity index (χ0v) is 21.5. The van der Waals surface area contributed by atoms with Crippen molar-refractivity contribution in [2.75, 3.05) is 45.0 Å². The SMILES string of the molecule is Nc1ccc(C[C@@H](CN(CC(=O)O)[C@H]2CCCC[C@@H]2N(CC(=O)O)CC(=O)O)N(CC(=O)O)CC(=O)O)cc1. The van der Waals surface area contributed by atoms with Crippen LogP contribution >= 0.6 is 0 Å². The van der Waals surface area contributed by atoms with Gasteiger partial charge in [-0.1, -0.05) is 25.0 Å². The molecule has 1 saturated carbocycles. The van der Waals surface area contributed by atoms with E-state index in [1.54, 1.807) is 29.2 Å². The monoisotopic (exact) mass is 552 g/mol. The highest BCUT2D eigenvalue weighted by molar-refractivity contribution is 5.73. The molecule has 1 aliphatic rings. The quantitative estimate of drug-likeness (QED) is 0.138. The van der Waals surface area contributed by atoms with Gasteiger partial charge in [0.15, 0.2) is 0 Å². The van der Waals surface area contributed by atoms with Crippen LogP contribution in [0.5, 0.6) is 0 Å². The van der Waals surface area contributed by atoms with Gasteiger partial charge in [-0.3, -0.25) is 38.7 Å². The van der Waals surface area contributed by atoms with Crippen LogP contribution in [0.1, 0.15) is 31.2 Å². The molecular formula is C25H36N4O10. The maximum atomic E-state index is 11.9. The Balaban J connectivity index is 2.48. The Morgan fingerprint density at radius 2 is 1.10 bits per heavy atom. The molecule has 1 fully saturated rings. The average molecular weight is 553 g/mol. The Bertz CT molecular complexity index is 987. The fourth-order valence-corrected chi connectivity index (χ4v) is 5.24. The molecule has 0 radical (unpaired) electrons. The number of carboxylic acids is 5. The molecule has 39 heavy (non-hydrogen) atoms. The standard InChI is InChI=1S/C25H36N4O10/c26-17-7-5-16(6-8-17)9-18(27(11-21(30)31)12-22(32)33)10-28(13-23(34)35)19-3-1-2-4-20(19)29(14-24(36)37)15-25(38)39/h5-8,18-20H,1-4,9-15,26H2,(H,30,31)(H,32,33)(H,34,35)(H,36,37)(H,38,39)/t18-,19-,20-/m0/s1. The number of anilines is 1. The number of benzene rings is 1. The van der Waals surface area contributed by atoms with Crippen LogP contribution < -0.4 is 5.73 Å². The van der Waals surface area contributed by atoms with Crippen LogP contribution in [0, 0.1) is 0 Å². The van der Waals surface area contributed by atoms with Crippen molar-refractivity contribution in [2.45, 2.75) is 50.2 Å². The van der Waals surface area contributed by atoms with Crippen molar-refractivity contribution < 1.29 is 49.5 Å². The molecule has 14 nitrogen and oxygen atoms in total. The van der Waals surface area contributed by atoms with Crippen LogP contribution in [-0.4, -0.2) is 127 Å². The summed E-state index contributed by atoms with van der Waals surface area (Å²) in [6, 6.07) is 4.83. The number of hydrogen-bond acceptors (Lipinski definition) is 9. The number of hydrogen-bond donors (Lipinski definition) is 6. The lowest BCUT2D eigenvalue weighted by molar-refractivity contribution is -0.146. The fourth-order valence-electron chi connectivity index (χ4n) is 5.24. The Labute approximate surface area is 225 Å². The molecule has 1 aliphatic carbocycles. The number of carbonyl (C=O) groups is 5. The largest absolute Gasteiger partial charge is 0.480 e. The van der Waals surface area contributed by atoms with Crippen LogP contribution in [0.3, 0.4) is 0 Å². The van der Waals surface area contributed by atoms with Crippen molar-refractivity contribution in [1.29, 1.82) is 0 Å². The maximum absolute atomic E-state index is 11.9. The normalized spacial score (nSPS) is 18.2. The molecular weight excluding hydrogens is 516 g/mol. The lowest BCUT2D eigenvalue weighted by Crippen LogP contribution is -2.59. The summed E-state index contributed by atoms with van der Waals surface area (Å²) in [5.74, 6) is -6.14.